The van der Waals surface area contributed by atoms with E-state index in [4.69, 9.17) is 0 Å². The average Bonchev–Trinajstić information content (AvgIpc) is 3.24. The molecule has 2 amide bonds. The summed E-state index contributed by atoms with van der Waals surface area (Å²) in [6, 6.07) is 13.1. The first-order valence-electron chi connectivity index (χ1n) is 8.48. The molecular weight excluding hydrogens is 330 g/mol. The standard InChI is InChI=1S/C19H19N5O2/c1-22(12-18(25)24-10-9-13-5-3-4-6-16(13)24)19(26)14-7-8-17-15(11-14)20-21-23(17)2/h3-8,11H,9-10,12H2,1-2H3. The van der Waals surface area contributed by atoms with Crippen LogP contribution in [0.5, 0.6) is 0 Å². The summed E-state index contributed by atoms with van der Waals surface area (Å²) in [5, 5.41) is 7.98. The number of para-hydroxylation sites is 1. The van der Waals surface area contributed by atoms with Crippen LogP contribution in [0.15, 0.2) is 42.5 Å². The topological polar surface area (TPSA) is 71.3 Å². The van der Waals surface area contributed by atoms with Gasteiger partial charge in [-0.25, -0.2) is 4.68 Å². The Morgan fingerprint density at radius 2 is 2.00 bits per heavy atom. The van der Waals surface area contributed by atoms with E-state index in [1.54, 1.807) is 35.8 Å². The zero-order valence-electron chi connectivity index (χ0n) is 14.7. The fourth-order valence-corrected chi connectivity index (χ4v) is 3.35. The molecular formula is C19H19N5O2. The molecule has 0 spiro atoms. The predicted octanol–water partition coefficient (Wildman–Crippen LogP) is 1.63. The van der Waals surface area contributed by atoms with Gasteiger partial charge in [0, 0.05) is 31.9 Å². The monoisotopic (exact) mass is 349 g/mol. The molecule has 0 radical (unpaired) electrons. The number of hydrogen-bond acceptors (Lipinski definition) is 4. The number of likely N-dealkylation sites (N-methyl/N-ethyl adjacent to an activating group) is 1. The molecule has 2 heterocycles. The Kier molecular flexibility index (Phi) is 3.91. The van der Waals surface area contributed by atoms with Gasteiger partial charge in [0.15, 0.2) is 0 Å². The number of amides is 2. The predicted molar refractivity (Wildman–Crippen MR) is 98.0 cm³/mol. The lowest BCUT2D eigenvalue weighted by Gasteiger charge is -2.22. The number of anilines is 1. The van der Waals surface area contributed by atoms with Gasteiger partial charge in [0.05, 0.1) is 5.52 Å². The van der Waals surface area contributed by atoms with E-state index in [0.29, 0.717) is 17.6 Å². The molecule has 0 fully saturated rings. The minimum atomic E-state index is -0.210. The van der Waals surface area contributed by atoms with E-state index in [1.165, 1.54) is 10.5 Å². The molecule has 0 bridgehead atoms. The Balaban J connectivity index is 1.49. The third-order valence-corrected chi connectivity index (χ3v) is 4.76. The molecule has 2 aromatic carbocycles. The van der Waals surface area contributed by atoms with Crippen LogP contribution in [0.2, 0.25) is 0 Å². The van der Waals surface area contributed by atoms with Crippen molar-refractivity contribution in [3.05, 3.63) is 53.6 Å². The maximum absolute atomic E-state index is 12.7. The summed E-state index contributed by atoms with van der Waals surface area (Å²) in [6.45, 7) is 0.692. The smallest absolute Gasteiger partial charge is 0.254 e. The van der Waals surface area contributed by atoms with Gasteiger partial charge in [-0.2, -0.15) is 0 Å². The second-order valence-electron chi connectivity index (χ2n) is 6.50. The second-order valence-corrected chi connectivity index (χ2v) is 6.50. The minimum absolute atomic E-state index is 0.0334. The van der Waals surface area contributed by atoms with E-state index in [1.807, 2.05) is 30.3 Å². The maximum atomic E-state index is 12.7. The van der Waals surface area contributed by atoms with Crippen LogP contribution < -0.4 is 4.90 Å². The molecule has 0 saturated heterocycles. The molecule has 1 aromatic heterocycles. The molecule has 1 aliphatic rings. The lowest BCUT2D eigenvalue weighted by molar-refractivity contribution is -0.119. The number of carbonyl (C=O) groups excluding carboxylic acids is 2. The third-order valence-electron chi connectivity index (χ3n) is 4.76. The average molecular weight is 349 g/mol. The lowest BCUT2D eigenvalue weighted by atomic mass is 10.1. The van der Waals surface area contributed by atoms with Gasteiger partial charge >= 0.3 is 0 Å². The van der Waals surface area contributed by atoms with E-state index in [2.05, 4.69) is 10.3 Å². The maximum Gasteiger partial charge on any atom is 0.254 e. The van der Waals surface area contributed by atoms with Gasteiger partial charge in [-0.05, 0) is 36.2 Å². The van der Waals surface area contributed by atoms with Gasteiger partial charge in [0.1, 0.15) is 12.1 Å². The first-order valence-corrected chi connectivity index (χ1v) is 8.48. The van der Waals surface area contributed by atoms with Crippen molar-refractivity contribution in [1.82, 2.24) is 19.9 Å². The van der Waals surface area contributed by atoms with Gasteiger partial charge < -0.3 is 9.80 Å². The number of hydrogen-bond donors (Lipinski definition) is 0. The van der Waals surface area contributed by atoms with Crippen LogP contribution in [-0.4, -0.2) is 51.8 Å². The van der Waals surface area contributed by atoms with Crippen LogP contribution in [0.1, 0.15) is 15.9 Å². The van der Waals surface area contributed by atoms with Crippen molar-refractivity contribution in [2.45, 2.75) is 6.42 Å². The first kappa shape index (κ1) is 16.3. The van der Waals surface area contributed by atoms with E-state index in [9.17, 15) is 9.59 Å². The van der Waals surface area contributed by atoms with E-state index in [0.717, 1.165) is 17.6 Å². The van der Waals surface area contributed by atoms with Crippen LogP contribution in [0.25, 0.3) is 11.0 Å². The number of carbonyl (C=O) groups is 2. The normalized spacial score (nSPS) is 13.1. The van der Waals surface area contributed by atoms with E-state index >= 15 is 0 Å². The van der Waals surface area contributed by atoms with Crippen LogP contribution in [0, 0.1) is 0 Å². The van der Waals surface area contributed by atoms with Crippen molar-refractivity contribution in [1.29, 1.82) is 0 Å². The van der Waals surface area contributed by atoms with Crippen LogP contribution in [-0.2, 0) is 18.3 Å². The van der Waals surface area contributed by atoms with Crippen molar-refractivity contribution in [3.63, 3.8) is 0 Å². The summed E-state index contributed by atoms with van der Waals surface area (Å²) < 4.78 is 1.65. The number of fused-ring (bicyclic) bond motifs is 2. The van der Waals surface area contributed by atoms with Crippen molar-refractivity contribution < 1.29 is 9.59 Å². The molecule has 0 atom stereocenters. The fourth-order valence-electron chi connectivity index (χ4n) is 3.35. The third kappa shape index (κ3) is 2.71. The largest absolute Gasteiger partial charge is 0.332 e. The Morgan fingerprint density at radius 3 is 2.85 bits per heavy atom. The minimum Gasteiger partial charge on any atom is -0.332 e. The van der Waals surface area contributed by atoms with Crippen molar-refractivity contribution in [2.75, 3.05) is 25.0 Å². The summed E-state index contributed by atoms with van der Waals surface area (Å²) in [6.07, 6.45) is 0.850. The van der Waals surface area contributed by atoms with Crippen LogP contribution in [0.4, 0.5) is 5.69 Å². The zero-order chi connectivity index (χ0) is 18.3. The van der Waals surface area contributed by atoms with E-state index < -0.39 is 0 Å². The van der Waals surface area contributed by atoms with Gasteiger partial charge in [-0.3, -0.25) is 9.59 Å². The van der Waals surface area contributed by atoms with Gasteiger partial charge in [0.25, 0.3) is 5.91 Å². The quantitative estimate of drug-likeness (QED) is 0.720. The van der Waals surface area contributed by atoms with E-state index in [-0.39, 0.29) is 18.4 Å². The number of rotatable bonds is 3. The molecule has 0 N–H and O–H groups in total. The Morgan fingerprint density at radius 1 is 1.19 bits per heavy atom. The summed E-state index contributed by atoms with van der Waals surface area (Å²) in [5.41, 5.74) is 4.12. The number of aryl methyl sites for hydroxylation is 1. The zero-order valence-corrected chi connectivity index (χ0v) is 14.7. The van der Waals surface area contributed by atoms with Crippen molar-refractivity contribution in [2.24, 2.45) is 7.05 Å². The highest BCUT2D eigenvalue weighted by Gasteiger charge is 2.26. The van der Waals surface area contributed by atoms with Gasteiger partial charge in [0.2, 0.25) is 5.91 Å². The summed E-state index contributed by atoms with van der Waals surface area (Å²) >= 11 is 0. The molecule has 132 valence electrons. The second kappa shape index (κ2) is 6.25. The summed E-state index contributed by atoms with van der Waals surface area (Å²) in [5.74, 6) is -0.287. The highest BCUT2D eigenvalue weighted by Crippen LogP contribution is 2.27. The number of nitrogens with zero attached hydrogens (tertiary/aromatic N) is 5. The SMILES string of the molecule is CN(CC(=O)N1CCc2ccccc21)C(=O)c1ccc2c(c1)nnn2C. The molecule has 0 saturated carbocycles. The molecule has 7 nitrogen and oxygen atoms in total. The van der Waals surface area contributed by atoms with Crippen molar-refractivity contribution >= 4 is 28.5 Å². The molecule has 1 aliphatic heterocycles. The first-order chi connectivity index (χ1) is 12.5. The molecule has 3 aromatic rings. The highest BCUT2D eigenvalue weighted by atomic mass is 16.2. The number of benzene rings is 2. The Hall–Kier alpha value is -3.22. The van der Waals surface area contributed by atoms with Crippen LogP contribution >= 0.6 is 0 Å². The molecule has 26 heavy (non-hydrogen) atoms. The Labute approximate surface area is 150 Å². The van der Waals surface area contributed by atoms with Crippen LogP contribution in [0.3, 0.4) is 0 Å². The molecule has 0 unspecified atom stereocenters. The molecule has 4 rings (SSSR count). The number of aromatic nitrogens is 3. The fraction of sp³-hybridized carbons (Fsp3) is 0.263. The summed E-state index contributed by atoms with van der Waals surface area (Å²) in [7, 11) is 3.44. The van der Waals surface area contributed by atoms with Gasteiger partial charge in [-0.1, -0.05) is 23.4 Å². The Bertz CT molecular complexity index is 1010. The van der Waals surface area contributed by atoms with Gasteiger partial charge in [-0.15, -0.1) is 5.10 Å². The molecule has 0 aliphatic carbocycles. The highest BCUT2D eigenvalue weighted by molar-refractivity contribution is 6.02. The summed E-state index contributed by atoms with van der Waals surface area (Å²) in [4.78, 5) is 28.6. The van der Waals surface area contributed by atoms with Crippen molar-refractivity contribution in [3.8, 4) is 0 Å². The molecule has 7 heteroatoms. The lowest BCUT2D eigenvalue weighted by Crippen LogP contribution is -2.40.